The Balaban J connectivity index is 4.07. The van der Waals surface area contributed by atoms with Crippen LogP contribution < -0.4 is 0 Å². The summed E-state index contributed by atoms with van der Waals surface area (Å²) >= 11 is 0. The van der Waals surface area contributed by atoms with E-state index in [1.807, 2.05) is 13.8 Å². The van der Waals surface area contributed by atoms with Gasteiger partial charge in [0.2, 0.25) is 0 Å². The third-order valence-corrected chi connectivity index (χ3v) is 1.49. The van der Waals surface area contributed by atoms with Crippen molar-refractivity contribution in [1.82, 2.24) is 0 Å². The van der Waals surface area contributed by atoms with Crippen molar-refractivity contribution in [2.24, 2.45) is 0 Å². The number of Topliss-reactive ketones (excluding diaryl/α,β-unsaturated/α-hetero) is 1. The maximum atomic E-state index is 11.2. The zero-order valence-electron chi connectivity index (χ0n) is 8.24. The van der Waals surface area contributed by atoms with Crippen LogP contribution in [-0.2, 0) is 14.3 Å². The molecule has 1 N–H and O–H groups in total. The summed E-state index contributed by atoms with van der Waals surface area (Å²) in [6.07, 6.45) is -0.561. The fourth-order valence-corrected chi connectivity index (χ4v) is 0.991. The van der Waals surface area contributed by atoms with Gasteiger partial charge in [0.1, 0.15) is 12.5 Å². The van der Waals surface area contributed by atoms with Gasteiger partial charge in [-0.15, -0.1) is 0 Å². The van der Waals surface area contributed by atoms with Gasteiger partial charge >= 0.3 is 5.97 Å². The second-order valence-corrected chi connectivity index (χ2v) is 3.12. The molecule has 4 nitrogen and oxygen atoms in total. The van der Waals surface area contributed by atoms with Gasteiger partial charge in [-0.1, -0.05) is 6.92 Å². The summed E-state index contributed by atoms with van der Waals surface area (Å²) in [7, 11) is 0. The second-order valence-electron chi connectivity index (χ2n) is 3.12. The molecule has 0 amide bonds. The Hall–Kier alpha value is -0.900. The fraction of sp³-hybridized carbons (Fsp3) is 0.778. The van der Waals surface area contributed by atoms with Crippen LogP contribution >= 0.6 is 0 Å². The smallest absolute Gasteiger partial charge is 0.310 e. The maximum absolute atomic E-state index is 11.2. The predicted octanol–water partition coefficient (Wildman–Crippen LogP) is 1.23. The largest absolute Gasteiger partial charge is 0.481 e. The van der Waals surface area contributed by atoms with E-state index in [1.165, 1.54) is 0 Å². The summed E-state index contributed by atoms with van der Waals surface area (Å²) in [5.41, 5.74) is 0. The quantitative estimate of drug-likeness (QED) is 0.637. The first-order valence-corrected chi connectivity index (χ1v) is 4.37. The summed E-state index contributed by atoms with van der Waals surface area (Å²) < 4.78 is 5.25. The number of ether oxygens (including phenoxy) is 1. The SMILES string of the molecule is CCC(OC(C)C)C(=O)CC(=O)O. The number of hydrogen-bond donors (Lipinski definition) is 1. The van der Waals surface area contributed by atoms with Gasteiger partial charge in [-0.05, 0) is 20.3 Å². The third-order valence-electron chi connectivity index (χ3n) is 1.49. The Kier molecular flexibility index (Phi) is 5.30. The molecule has 1 unspecified atom stereocenters. The van der Waals surface area contributed by atoms with Gasteiger partial charge in [0.15, 0.2) is 5.78 Å². The van der Waals surface area contributed by atoms with E-state index in [-0.39, 0.29) is 11.9 Å². The molecule has 13 heavy (non-hydrogen) atoms. The Morgan fingerprint density at radius 3 is 2.23 bits per heavy atom. The summed E-state index contributed by atoms with van der Waals surface area (Å²) in [5.74, 6) is -1.46. The highest BCUT2D eigenvalue weighted by atomic mass is 16.5. The molecule has 0 saturated carbocycles. The minimum absolute atomic E-state index is 0.0531. The van der Waals surface area contributed by atoms with E-state index >= 15 is 0 Å². The molecule has 0 saturated heterocycles. The lowest BCUT2D eigenvalue weighted by Crippen LogP contribution is -2.28. The standard InChI is InChI=1S/C9H16O4/c1-4-8(13-6(2)3)7(10)5-9(11)12/h6,8H,4-5H2,1-3H3,(H,11,12). The fourth-order valence-electron chi connectivity index (χ4n) is 0.991. The number of carboxylic acid groups (broad SMARTS) is 1. The Morgan fingerprint density at radius 2 is 1.92 bits per heavy atom. The van der Waals surface area contributed by atoms with E-state index in [2.05, 4.69) is 0 Å². The van der Waals surface area contributed by atoms with Gasteiger partial charge in [-0.2, -0.15) is 0 Å². The zero-order chi connectivity index (χ0) is 10.4. The van der Waals surface area contributed by atoms with Crippen LogP contribution in [0.5, 0.6) is 0 Å². The van der Waals surface area contributed by atoms with Crippen LogP contribution in [-0.4, -0.2) is 29.1 Å². The summed E-state index contributed by atoms with van der Waals surface area (Å²) in [6.45, 7) is 5.43. The first-order valence-electron chi connectivity index (χ1n) is 4.37. The summed E-state index contributed by atoms with van der Waals surface area (Å²) in [4.78, 5) is 21.5. The van der Waals surface area contributed by atoms with Gasteiger partial charge < -0.3 is 9.84 Å². The van der Waals surface area contributed by atoms with Crippen molar-refractivity contribution in [1.29, 1.82) is 0 Å². The van der Waals surface area contributed by atoms with Gasteiger partial charge in [0, 0.05) is 0 Å². The van der Waals surface area contributed by atoms with Crippen molar-refractivity contribution < 1.29 is 19.4 Å². The van der Waals surface area contributed by atoms with Crippen LogP contribution in [0.15, 0.2) is 0 Å². The lowest BCUT2D eigenvalue weighted by molar-refractivity contribution is -0.145. The summed E-state index contributed by atoms with van der Waals surface area (Å²) in [5, 5.41) is 8.39. The average Bonchev–Trinajstić information content (AvgIpc) is 1.98. The molecule has 76 valence electrons. The van der Waals surface area contributed by atoms with Crippen molar-refractivity contribution in [3.05, 3.63) is 0 Å². The van der Waals surface area contributed by atoms with Crippen molar-refractivity contribution in [3.63, 3.8) is 0 Å². The van der Waals surface area contributed by atoms with Crippen LogP contribution in [0.1, 0.15) is 33.6 Å². The predicted molar refractivity (Wildman–Crippen MR) is 47.6 cm³/mol. The molecule has 0 rings (SSSR count). The number of carbonyl (C=O) groups excluding carboxylic acids is 1. The molecule has 1 atom stereocenters. The van der Waals surface area contributed by atoms with E-state index in [0.29, 0.717) is 6.42 Å². The van der Waals surface area contributed by atoms with Gasteiger partial charge in [-0.25, -0.2) is 0 Å². The topological polar surface area (TPSA) is 63.6 Å². The molecule has 0 spiro atoms. The molecular weight excluding hydrogens is 172 g/mol. The molecule has 0 aliphatic carbocycles. The Morgan fingerprint density at radius 1 is 1.38 bits per heavy atom. The molecule has 0 aliphatic rings. The van der Waals surface area contributed by atoms with E-state index in [4.69, 9.17) is 9.84 Å². The van der Waals surface area contributed by atoms with Crippen LogP contribution in [0, 0.1) is 0 Å². The second kappa shape index (κ2) is 5.70. The molecule has 0 radical (unpaired) electrons. The van der Waals surface area contributed by atoms with Crippen LogP contribution in [0.4, 0.5) is 0 Å². The Bertz CT molecular complexity index is 186. The number of carboxylic acids is 1. The minimum Gasteiger partial charge on any atom is -0.481 e. The molecule has 4 heteroatoms. The molecule has 0 bridgehead atoms. The van der Waals surface area contributed by atoms with Gasteiger partial charge in [0.25, 0.3) is 0 Å². The van der Waals surface area contributed by atoms with Crippen LogP contribution in [0.25, 0.3) is 0 Å². The molecule has 0 aromatic rings. The number of ketones is 1. The lowest BCUT2D eigenvalue weighted by Gasteiger charge is -2.16. The van der Waals surface area contributed by atoms with Crippen LogP contribution in [0.2, 0.25) is 0 Å². The van der Waals surface area contributed by atoms with Gasteiger partial charge in [0.05, 0.1) is 6.10 Å². The number of rotatable bonds is 6. The molecule has 0 aromatic carbocycles. The maximum Gasteiger partial charge on any atom is 0.310 e. The molecular formula is C9H16O4. The van der Waals surface area contributed by atoms with E-state index in [0.717, 1.165) is 0 Å². The Labute approximate surface area is 77.9 Å². The molecule has 0 heterocycles. The average molecular weight is 188 g/mol. The van der Waals surface area contributed by atoms with E-state index < -0.39 is 18.5 Å². The third kappa shape index (κ3) is 5.36. The highest BCUT2D eigenvalue weighted by Gasteiger charge is 2.20. The molecule has 0 aliphatic heterocycles. The highest BCUT2D eigenvalue weighted by molar-refractivity contribution is 5.97. The lowest BCUT2D eigenvalue weighted by atomic mass is 10.1. The summed E-state index contributed by atoms with van der Waals surface area (Å²) in [6, 6.07) is 0. The molecule has 0 aromatic heterocycles. The first-order chi connectivity index (χ1) is 5.97. The first kappa shape index (κ1) is 12.1. The van der Waals surface area contributed by atoms with Crippen molar-refractivity contribution >= 4 is 11.8 Å². The highest BCUT2D eigenvalue weighted by Crippen LogP contribution is 2.06. The van der Waals surface area contributed by atoms with Crippen LogP contribution in [0.3, 0.4) is 0 Å². The minimum atomic E-state index is -1.10. The number of aliphatic carboxylic acids is 1. The van der Waals surface area contributed by atoms with Crippen molar-refractivity contribution in [2.75, 3.05) is 0 Å². The van der Waals surface area contributed by atoms with E-state index in [1.54, 1.807) is 6.92 Å². The van der Waals surface area contributed by atoms with Gasteiger partial charge in [-0.3, -0.25) is 9.59 Å². The number of hydrogen-bond acceptors (Lipinski definition) is 3. The molecule has 0 fully saturated rings. The van der Waals surface area contributed by atoms with Crippen molar-refractivity contribution in [3.8, 4) is 0 Å². The monoisotopic (exact) mass is 188 g/mol. The van der Waals surface area contributed by atoms with Crippen molar-refractivity contribution in [2.45, 2.75) is 45.8 Å². The number of carbonyl (C=O) groups is 2. The normalized spacial score (nSPS) is 12.9. The zero-order valence-corrected chi connectivity index (χ0v) is 8.24. The van der Waals surface area contributed by atoms with E-state index in [9.17, 15) is 9.59 Å².